The van der Waals surface area contributed by atoms with E-state index in [4.69, 9.17) is 9.47 Å². The molecule has 8 unspecified atom stereocenters. The maximum atomic E-state index is 15.6. The zero-order chi connectivity index (χ0) is 41.2. The lowest BCUT2D eigenvalue weighted by Gasteiger charge is -2.71. The first kappa shape index (κ1) is 39.5. The minimum Gasteiger partial charge on any atom is -0.493 e. The number of benzene rings is 4. The number of carbonyl (C=O) groups is 2. The van der Waals surface area contributed by atoms with Gasteiger partial charge in [0.25, 0.3) is 0 Å². The molecule has 0 saturated heterocycles. The zero-order valence-electron chi connectivity index (χ0n) is 34.8. The smallest absolute Gasteiger partial charge is 0.227 e. The number of ketones is 1. The number of nitrogens with zero attached hydrogens (tertiary/aromatic N) is 1. The van der Waals surface area contributed by atoms with Gasteiger partial charge in [0.15, 0.2) is 17.3 Å². The predicted molar refractivity (Wildman–Crippen MR) is 230 cm³/mol. The van der Waals surface area contributed by atoms with E-state index in [0.717, 1.165) is 59.9 Å². The summed E-state index contributed by atoms with van der Waals surface area (Å²) in [6, 6.07) is 33.7. The second kappa shape index (κ2) is 14.6. The fourth-order valence-corrected chi connectivity index (χ4v) is 12.9. The van der Waals surface area contributed by atoms with Gasteiger partial charge < -0.3 is 24.6 Å². The number of hydrogen-bond donors (Lipinski definition) is 2. The van der Waals surface area contributed by atoms with Crippen LogP contribution in [0.3, 0.4) is 0 Å². The van der Waals surface area contributed by atoms with Crippen molar-refractivity contribution in [3.05, 3.63) is 144 Å². The molecule has 4 aromatic carbocycles. The summed E-state index contributed by atoms with van der Waals surface area (Å²) in [6.45, 7) is 5.21. The number of hydrogen-bond acceptors (Lipinski definition) is 6. The van der Waals surface area contributed by atoms with Gasteiger partial charge in [-0.3, -0.25) is 9.59 Å². The number of aliphatic hydroxyl groups is 2. The molecule has 2 bridgehead atoms. The van der Waals surface area contributed by atoms with Crippen molar-refractivity contribution in [1.29, 1.82) is 0 Å². The number of fused-ring (bicyclic) bond motifs is 1. The summed E-state index contributed by atoms with van der Waals surface area (Å²) >= 11 is 0. The van der Waals surface area contributed by atoms with Gasteiger partial charge in [-0.1, -0.05) is 123 Å². The van der Waals surface area contributed by atoms with Crippen LogP contribution >= 0.6 is 0 Å². The molecule has 8 atom stereocenters. The van der Waals surface area contributed by atoms with Gasteiger partial charge in [-0.15, -0.1) is 0 Å². The van der Waals surface area contributed by atoms with E-state index in [1.54, 1.807) is 14.2 Å². The molecule has 0 radical (unpaired) electrons. The second-order valence-electron chi connectivity index (χ2n) is 18.7. The Bertz CT molecular complexity index is 2320. The molecular formula is C52H57NO6. The molecule has 1 amide bonds. The molecule has 6 aliphatic carbocycles. The van der Waals surface area contributed by atoms with Crippen molar-refractivity contribution >= 4 is 11.7 Å². The normalized spacial score (nSPS) is 32.6. The molecule has 0 heterocycles. The van der Waals surface area contributed by atoms with E-state index in [9.17, 15) is 15.0 Å². The summed E-state index contributed by atoms with van der Waals surface area (Å²) < 4.78 is 11.0. The topological polar surface area (TPSA) is 96.3 Å². The fraction of sp³-hybridized carbons (Fsp3) is 0.423. The summed E-state index contributed by atoms with van der Waals surface area (Å²) in [4.78, 5) is 32.0. The minimum atomic E-state index is -1.21. The van der Waals surface area contributed by atoms with Crippen LogP contribution in [-0.2, 0) is 17.8 Å². The van der Waals surface area contributed by atoms with E-state index in [-0.39, 0.29) is 41.9 Å². The lowest BCUT2D eigenvalue weighted by molar-refractivity contribution is -0.178. The number of Topliss-reactive ketones (excluding diaryl/α,β-unsaturated/α-hetero) is 1. The van der Waals surface area contributed by atoms with Crippen LogP contribution in [0.4, 0.5) is 0 Å². The number of carbonyl (C=O) groups excluding carboxylic acids is 2. The van der Waals surface area contributed by atoms with Crippen molar-refractivity contribution < 1.29 is 29.3 Å². The minimum absolute atomic E-state index is 0.0378. The van der Waals surface area contributed by atoms with Crippen LogP contribution in [0.15, 0.2) is 127 Å². The predicted octanol–water partition coefficient (Wildman–Crippen LogP) is 9.42. The van der Waals surface area contributed by atoms with Crippen LogP contribution in [0.25, 0.3) is 11.1 Å². The summed E-state index contributed by atoms with van der Waals surface area (Å²) in [5.41, 5.74) is 2.20. The molecule has 2 spiro atoms. The Morgan fingerprint density at radius 1 is 0.746 bits per heavy atom. The molecule has 0 aliphatic heterocycles. The molecule has 3 fully saturated rings. The first-order valence-corrected chi connectivity index (χ1v) is 21.5. The Balaban J connectivity index is 1.11. The van der Waals surface area contributed by atoms with E-state index in [0.29, 0.717) is 36.4 Å². The fourth-order valence-electron chi connectivity index (χ4n) is 12.9. The number of amides is 1. The van der Waals surface area contributed by atoms with E-state index in [2.05, 4.69) is 44.2 Å². The Morgan fingerprint density at radius 2 is 1.41 bits per heavy atom. The average molecular weight is 792 g/mol. The molecular weight excluding hydrogens is 735 g/mol. The van der Waals surface area contributed by atoms with Crippen LogP contribution in [0.2, 0.25) is 0 Å². The molecule has 3 saturated carbocycles. The summed E-state index contributed by atoms with van der Waals surface area (Å²) in [5, 5.41) is 24.6. The summed E-state index contributed by atoms with van der Waals surface area (Å²) in [5.74, 6) is 1.25. The highest BCUT2D eigenvalue weighted by molar-refractivity contribution is 6.14. The Labute approximate surface area is 348 Å². The van der Waals surface area contributed by atoms with Crippen LogP contribution in [0.1, 0.15) is 80.3 Å². The molecule has 0 aromatic heterocycles. The van der Waals surface area contributed by atoms with Crippen LogP contribution in [-0.4, -0.2) is 59.3 Å². The second-order valence-corrected chi connectivity index (χ2v) is 18.7. The van der Waals surface area contributed by atoms with Crippen molar-refractivity contribution in [2.24, 2.45) is 33.5 Å². The highest BCUT2D eigenvalue weighted by Gasteiger charge is 2.74. The molecule has 10 rings (SSSR count). The molecule has 59 heavy (non-hydrogen) atoms. The van der Waals surface area contributed by atoms with Gasteiger partial charge in [-0.25, -0.2) is 0 Å². The Kier molecular flexibility index (Phi) is 9.79. The number of rotatable bonds is 11. The van der Waals surface area contributed by atoms with Gasteiger partial charge in [0.1, 0.15) is 0 Å². The first-order valence-electron chi connectivity index (χ1n) is 21.5. The largest absolute Gasteiger partial charge is 0.493 e. The molecule has 2 N–H and O–H groups in total. The van der Waals surface area contributed by atoms with Crippen molar-refractivity contribution in [2.75, 3.05) is 20.8 Å². The summed E-state index contributed by atoms with van der Waals surface area (Å²) in [7, 11) is 3.19. The van der Waals surface area contributed by atoms with Crippen molar-refractivity contribution in [3.63, 3.8) is 0 Å². The van der Waals surface area contributed by atoms with Gasteiger partial charge in [0, 0.05) is 33.9 Å². The van der Waals surface area contributed by atoms with Crippen molar-refractivity contribution in [1.82, 2.24) is 4.90 Å². The monoisotopic (exact) mass is 791 g/mol. The van der Waals surface area contributed by atoms with Crippen LogP contribution in [0.5, 0.6) is 11.5 Å². The third-order valence-electron chi connectivity index (χ3n) is 16.0. The van der Waals surface area contributed by atoms with E-state index in [1.165, 1.54) is 0 Å². The van der Waals surface area contributed by atoms with E-state index < -0.39 is 27.9 Å². The van der Waals surface area contributed by atoms with Crippen molar-refractivity contribution in [2.45, 2.75) is 83.5 Å². The molecule has 4 aromatic rings. The standard InChI is InChI=1S/C52H57NO6/c1-48-24-21-38(54)31-50(48)27-28-52(41(32-50)47(56)40-18-12-11-17-39(40)37-15-9-6-10-16-37)44(48)22-25-49(2)45(52)23-26-51(49,57)34-53(33-35-13-7-5-8-14-35)46(55)30-36-19-20-42(58-3)43(29-36)59-4/h5-20,27-29,32,38,44-45,54,57H,21-26,30-31,33-34H2,1-4H3. The molecule has 7 nitrogen and oxygen atoms in total. The number of ether oxygens (including phenoxy) is 2. The van der Waals surface area contributed by atoms with Crippen molar-refractivity contribution in [3.8, 4) is 22.6 Å². The first-order chi connectivity index (χ1) is 28.4. The number of aliphatic hydroxyl groups excluding tert-OH is 1. The number of allylic oxidation sites excluding steroid dienone is 4. The van der Waals surface area contributed by atoms with Crippen LogP contribution in [0, 0.1) is 33.5 Å². The van der Waals surface area contributed by atoms with Gasteiger partial charge in [0.2, 0.25) is 5.91 Å². The SMILES string of the molecule is COc1ccc(CC(=O)N(Cc2ccccc2)CC2(O)CCC3C45C=CC6(C=C4C(=O)c4ccccc4-c4ccccc4)CC(O)CCC6(C)C5CCC32C)cc1OC. The highest BCUT2D eigenvalue weighted by atomic mass is 16.5. The third kappa shape index (κ3) is 6.05. The van der Waals surface area contributed by atoms with Gasteiger partial charge >= 0.3 is 0 Å². The van der Waals surface area contributed by atoms with Gasteiger partial charge in [-0.2, -0.15) is 0 Å². The highest BCUT2D eigenvalue weighted by Crippen LogP contribution is 2.78. The van der Waals surface area contributed by atoms with Gasteiger partial charge in [-0.05, 0) is 96.6 Å². The molecule has 6 aliphatic rings. The van der Waals surface area contributed by atoms with Gasteiger partial charge in [0.05, 0.1) is 38.9 Å². The van der Waals surface area contributed by atoms with E-state index >= 15 is 4.79 Å². The van der Waals surface area contributed by atoms with Crippen LogP contribution < -0.4 is 9.47 Å². The lowest BCUT2D eigenvalue weighted by Crippen LogP contribution is -2.67. The molecule has 7 heteroatoms. The quantitative estimate of drug-likeness (QED) is 0.116. The summed E-state index contributed by atoms with van der Waals surface area (Å²) in [6.07, 6.45) is 11.8. The number of methoxy groups -OCH3 is 2. The third-order valence-corrected chi connectivity index (χ3v) is 16.0. The Morgan fingerprint density at radius 3 is 2.15 bits per heavy atom. The molecule has 306 valence electrons. The lowest BCUT2D eigenvalue weighted by atomic mass is 9.32. The Hall–Kier alpha value is -4.98. The van der Waals surface area contributed by atoms with E-state index in [1.807, 2.05) is 95.9 Å². The maximum Gasteiger partial charge on any atom is 0.227 e. The average Bonchev–Trinajstić information content (AvgIpc) is 3.53. The maximum absolute atomic E-state index is 15.6. The zero-order valence-corrected chi connectivity index (χ0v) is 34.8.